The molecule has 2 saturated heterocycles. The highest BCUT2D eigenvalue weighted by Gasteiger charge is 2.59. The molecule has 9 nitrogen and oxygen atoms in total. The summed E-state index contributed by atoms with van der Waals surface area (Å²) in [7, 11) is 1.54. The number of esters is 1. The van der Waals surface area contributed by atoms with Crippen LogP contribution >= 0.6 is 0 Å². The molecule has 1 aromatic heterocycles. The van der Waals surface area contributed by atoms with Crippen molar-refractivity contribution < 1.29 is 23.7 Å². The Balaban J connectivity index is 1.38. The van der Waals surface area contributed by atoms with E-state index in [1.54, 1.807) is 31.4 Å². The van der Waals surface area contributed by atoms with E-state index in [0.717, 1.165) is 0 Å². The number of epoxide rings is 1. The summed E-state index contributed by atoms with van der Waals surface area (Å²) >= 11 is 0. The number of aromatic nitrogens is 2. The van der Waals surface area contributed by atoms with Crippen LogP contribution < -0.4 is 16.0 Å². The van der Waals surface area contributed by atoms with Crippen LogP contribution in [-0.2, 0) is 14.2 Å². The molecule has 9 heteroatoms. The van der Waals surface area contributed by atoms with Gasteiger partial charge in [0.05, 0.1) is 12.7 Å². The molecule has 4 rings (SSSR count). The van der Waals surface area contributed by atoms with Gasteiger partial charge in [0.25, 0.3) is 5.56 Å². The minimum atomic E-state index is -0.658. The third-order valence-electron chi connectivity index (χ3n) is 4.35. The number of fused-ring (bicyclic) bond motifs is 1. The van der Waals surface area contributed by atoms with E-state index < -0.39 is 29.6 Å². The Morgan fingerprint density at radius 2 is 1.92 bits per heavy atom. The molecule has 3 heterocycles. The van der Waals surface area contributed by atoms with E-state index in [0.29, 0.717) is 11.3 Å². The van der Waals surface area contributed by atoms with Crippen molar-refractivity contribution in [1.82, 2.24) is 9.55 Å². The summed E-state index contributed by atoms with van der Waals surface area (Å²) < 4.78 is 22.9. The molecule has 136 valence electrons. The molecule has 2 aliphatic rings. The minimum absolute atomic E-state index is 0.000628. The van der Waals surface area contributed by atoms with Crippen LogP contribution in [0.25, 0.3) is 0 Å². The van der Waals surface area contributed by atoms with Crippen LogP contribution in [0.1, 0.15) is 16.6 Å². The number of nitrogens with zero attached hydrogens (tertiary/aromatic N) is 1. The largest absolute Gasteiger partial charge is 0.497 e. The van der Waals surface area contributed by atoms with Gasteiger partial charge in [0, 0.05) is 12.3 Å². The maximum atomic E-state index is 12.1. The van der Waals surface area contributed by atoms with Crippen molar-refractivity contribution >= 4 is 5.97 Å². The van der Waals surface area contributed by atoms with E-state index in [4.69, 9.17) is 18.9 Å². The van der Waals surface area contributed by atoms with Crippen LogP contribution in [0, 0.1) is 0 Å². The highest BCUT2D eigenvalue weighted by molar-refractivity contribution is 5.89. The van der Waals surface area contributed by atoms with Gasteiger partial charge in [-0.3, -0.25) is 14.3 Å². The Kier molecular flexibility index (Phi) is 4.09. The molecule has 2 aromatic rings. The fourth-order valence-corrected chi connectivity index (χ4v) is 2.95. The number of methoxy groups -OCH3 is 1. The lowest BCUT2D eigenvalue weighted by atomic mass is 10.2. The number of hydrogen-bond donors (Lipinski definition) is 1. The van der Waals surface area contributed by atoms with Crippen molar-refractivity contribution in [3.05, 3.63) is 62.9 Å². The molecule has 0 radical (unpaired) electrons. The number of rotatable bonds is 5. The van der Waals surface area contributed by atoms with Crippen LogP contribution in [0.4, 0.5) is 0 Å². The maximum absolute atomic E-state index is 12.1. The molecule has 0 amide bonds. The molecule has 1 N–H and O–H groups in total. The lowest BCUT2D eigenvalue weighted by Gasteiger charge is -2.19. The summed E-state index contributed by atoms with van der Waals surface area (Å²) in [5.41, 5.74) is -0.666. The highest BCUT2D eigenvalue weighted by atomic mass is 16.7. The van der Waals surface area contributed by atoms with Gasteiger partial charge in [-0.05, 0) is 24.3 Å². The van der Waals surface area contributed by atoms with Gasteiger partial charge in [0.15, 0.2) is 6.23 Å². The van der Waals surface area contributed by atoms with Crippen molar-refractivity contribution in [3.8, 4) is 5.75 Å². The van der Waals surface area contributed by atoms with E-state index in [1.165, 1.54) is 16.8 Å². The standard InChI is InChI=1S/C17H16N2O7/c1-23-10-4-2-9(3-5-10)16(21)24-8-11-13-14(26-13)15(25-11)19-7-6-12(20)18-17(19)22/h2-7,11,13-15H,8H2,1H3,(H,18,20,22)/t11-,13-,14-,15-/m1/s1. The first kappa shape index (κ1) is 16.6. The Bertz CT molecular complexity index is 933. The summed E-state index contributed by atoms with van der Waals surface area (Å²) in [4.78, 5) is 37.3. The van der Waals surface area contributed by atoms with Crippen molar-refractivity contribution in [2.24, 2.45) is 0 Å². The van der Waals surface area contributed by atoms with Crippen LogP contribution in [-0.4, -0.2) is 47.5 Å². The van der Waals surface area contributed by atoms with E-state index in [-0.39, 0.29) is 18.8 Å². The second kappa shape index (κ2) is 6.43. The monoisotopic (exact) mass is 360 g/mol. The van der Waals surface area contributed by atoms with E-state index in [1.807, 2.05) is 0 Å². The Morgan fingerprint density at radius 3 is 2.62 bits per heavy atom. The molecule has 26 heavy (non-hydrogen) atoms. The van der Waals surface area contributed by atoms with Gasteiger partial charge < -0.3 is 18.9 Å². The number of carbonyl (C=O) groups excluding carboxylic acids is 1. The number of benzene rings is 1. The second-order valence-corrected chi connectivity index (χ2v) is 5.97. The smallest absolute Gasteiger partial charge is 0.338 e. The van der Waals surface area contributed by atoms with Gasteiger partial charge in [0.2, 0.25) is 0 Å². The summed E-state index contributed by atoms with van der Waals surface area (Å²) in [6.45, 7) is 0.000628. The lowest BCUT2D eigenvalue weighted by Crippen LogP contribution is -2.34. The molecule has 4 atom stereocenters. The lowest BCUT2D eigenvalue weighted by molar-refractivity contribution is -0.0887. The fourth-order valence-electron chi connectivity index (χ4n) is 2.95. The average Bonchev–Trinajstić information content (AvgIpc) is 3.36. The van der Waals surface area contributed by atoms with Crippen molar-refractivity contribution in [2.75, 3.05) is 13.7 Å². The molecular weight excluding hydrogens is 344 g/mol. The first-order valence-corrected chi connectivity index (χ1v) is 8.00. The minimum Gasteiger partial charge on any atom is -0.497 e. The molecule has 0 spiro atoms. The first-order chi connectivity index (χ1) is 12.6. The number of hydrogen-bond acceptors (Lipinski definition) is 7. The van der Waals surface area contributed by atoms with Gasteiger partial charge in [-0.25, -0.2) is 9.59 Å². The van der Waals surface area contributed by atoms with Crippen LogP contribution in [0.3, 0.4) is 0 Å². The Morgan fingerprint density at radius 1 is 1.15 bits per heavy atom. The number of aromatic amines is 1. The van der Waals surface area contributed by atoms with E-state index in [9.17, 15) is 14.4 Å². The number of carbonyl (C=O) groups is 1. The van der Waals surface area contributed by atoms with Crippen LogP contribution in [0.2, 0.25) is 0 Å². The van der Waals surface area contributed by atoms with Crippen molar-refractivity contribution in [3.63, 3.8) is 0 Å². The maximum Gasteiger partial charge on any atom is 0.338 e. The SMILES string of the molecule is COc1ccc(C(=O)OC[C@H]2O[C@@H](n3ccc(=O)[nH]c3=O)[C@@H]3O[C@@H]32)cc1. The molecular formula is C17H16N2O7. The summed E-state index contributed by atoms with van der Waals surface area (Å²) in [6.07, 6.45) is -0.332. The van der Waals surface area contributed by atoms with E-state index in [2.05, 4.69) is 4.98 Å². The third-order valence-corrected chi connectivity index (χ3v) is 4.35. The summed E-state index contributed by atoms with van der Waals surface area (Å²) in [5, 5.41) is 0. The zero-order valence-corrected chi connectivity index (χ0v) is 13.8. The van der Waals surface area contributed by atoms with Crippen LogP contribution in [0.15, 0.2) is 46.1 Å². The quantitative estimate of drug-likeness (QED) is 0.593. The molecule has 1 aromatic carbocycles. The van der Waals surface area contributed by atoms with Gasteiger partial charge in [0.1, 0.15) is 30.7 Å². The molecule has 2 fully saturated rings. The van der Waals surface area contributed by atoms with E-state index >= 15 is 0 Å². The number of ether oxygens (including phenoxy) is 4. The number of H-pyrrole nitrogens is 1. The van der Waals surface area contributed by atoms with Crippen molar-refractivity contribution in [2.45, 2.75) is 24.5 Å². The Hall–Kier alpha value is -2.91. The normalized spacial score (nSPS) is 26.2. The zero-order chi connectivity index (χ0) is 18.3. The van der Waals surface area contributed by atoms with Gasteiger partial charge in [-0.2, -0.15) is 0 Å². The Labute approximate surface area is 147 Å². The van der Waals surface area contributed by atoms with Gasteiger partial charge >= 0.3 is 11.7 Å². The van der Waals surface area contributed by atoms with Crippen molar-refractivity contribution in [1.29, 1.82) is 0 Å². The van der Waals surface area contributed by atoms with Gasteiger partial charge in [-0.1, -0.05) is 0 Å². The topological polar surface area (TPSA) is 112 Å². The molecule has 0 unspecified atom stereocenters. The zero-order valence-electron chi connectivity index (χ0n) is 13.8. The fraction of sp³-hybridized carbons (Fsp3) is 0.353. The molecule has 2 aliphatic heterocycles. The average molecular weight is 360 g/mol. The third kappa shape index (κ3) is 3.02. The predicted octanol–water partition coefficient (Wildman–Crippen LogP) is 0.0670. The number of nitrogens with one attached hydrogen (secondary N) is 1. The highest BCUT2D eigenvalue weighted by Crippen LogP contribution is 2.44. The molecule has 0 saturated carbocycles. The summed E-state index contributed by atoms with van der Waals surface area (Å²) in [6, 6.07) is 7.79. The predicted molar refractivity (Wildman–Crippen MR) is 87.2 cm³/mol. The van der Waals surface area contributed by atoms with Crippen LogP contribution in [0.5, 0.6) is 5.75 Å². The summed E-state index contributed by atoms with van der Waals surface area (Å²) in [5.74, 6) is 0.155. The van der Waals surface area contributed by atoms with Gasteiger partial charge in [-0.15, -0.1) is 0 Å². The molecule has 0 aliphatic carbocycles. The first-order valence-electron chi connectivity index (χ1n) is 8.00. The second-order valence-electron chi connectivity index (χ2n) is 5.97. The molecule has 0 bridgehead atoms.